The van der Waals surface area contributed by atoms with Crippen LogP contribution in [0.25, 0.3) is 6.08 Å². The summed E-state index contributed by atoms with van der Waals surface area (Å²) < 4.78 is 0. The summed E-state index contributed by atoms with van der Waals surface area (Å²) in [6, 6.07) is 7.20. The van der Waals surface area contributed by atoms with Gasteiger partial charge in [-0.15, -0.1) is 10.2 Å². The summed E-state index contributed by atoms with van der Waals surface area (Å²) in [7, 11) is 0. The summed E-state index contributed by atoms with van der Waals surface area (Å²) >= 11 is 1.39. The fourth-order valence-electron chi connectivity index (χ4n) is 1.94. The second kappa shape index (κ2) is 8.35. The van der Waals surface area contributed by atoms with E-state index < -0.39 is 0 Å². The lowest BCUT2D eigenvalue weighted by Gasteiger charge is -2.01. The molecule has 0 aliphatic heterocycles. The summed E-state index contributed by atoms with van der Waals surface area (Å²) in [6.45, 7) is 5.68. The molecular formula is C17H20N4O2S. The lowest BCUT2D eigenvalue weighted by molar-refractivity contribution is -0.114. The molecule has 6 nitrogen and oxygen atoms in total. The second-order valence-corrected chi connectivity index (χ2v) is 6.79. The van der Waals surface area contributed by atoms with Crippen molar-refractivity contribution in [1.82, 2.24) is 10.2 Å². The van der Waals surface area contributed by atoms with E-state index in [9.17, 15) is 9.59 Å². The van der Waals surface area contributed by atoms with Gasteiger partial charge >= 0.3 is 0 Å². The van der Waals surface area contributed by atoms with Crippen molar-refractivity contribution in [3.63, 3.8) is 0 Å². The minimum atomic E-state index is -0.256. The minimum Gasteiger partial charge on any atom is -0.326 e. The molecule has 0 saturated heterocycles. The molecule has 1 aromatic heterocycles. The predicted octanol–water partition coefficient (Wildman–Crippen LogP) is 3.35. The molecule has 2 N–H and O–H groups in total. The molecule has 2 rings (SSSR count). The Morgan fingerprint density at radius 3 is 2.50 bits per heavy atom. The van der Waals surface area contributed by atoms with Crippen molar-refractivity contribution in [2.75, 3.05) is 10.6 Å². The molecule has 2 amide bonds. The van der Waals surface area contributed by atoms with Gasteiger partial charge in [-0.1, -0.05) is 37.3 Å². The molecule has 7 heteroatoms. The zero-order valence-corrected chi connectivity index (χ0v) is 14.7. The molecule has 1 heterocycles. The number of rotatable bonds is 6. The molecule has 0 bridgehead atoms. The van der Waals surface area contributed by atoms with Gasteiger partial charge in [0.15, 0.2) is 0 Å². The van der Waals surface area contributed by atoms with E-state index in [-0.39, 0.29) is 11.8 Å². The van der Waals surface area contributed by atoms with E-state index in [1.165, 1.54) is 24.3 Å². The molecule has 2 aromatic rings. The van der Waals surface area contributed by atoms with E-state index in [1.807, 2.05) is 12.1 Å². The van der Waals surface area contributed by atoms with E-state index in [1.54, 1.807) is 18.2 Å². The first-order chi connectivity index (χ1) is 11.4. The Kier molecular flexibility index (Phi) is 6.20. The van der Waals surface area contributed by atoms with Crippen LogP contribution in [0, 0.1) is 5.92 Å². The molecule has 0 atom stereocenters. The van der Waals surface area contributed by atoms with Crippen molar-refractivity contribution < 1.29 is 9.59 Å². The Morgan fingerprint density at radius 2 is 1.88 bits per heavy atom. The summed E-state index contributed by atoms with van der Waals surface area (Å²) in [5.41, 5.74) is 1.58. The fraction of sp³-hybridized carbons (Fsp3) is 0.294. The summed E-state index contributed by atoms with van der Waals surface area (Å²) in [5, 5.41) is 14.8. The average Bonchev–Trinajstić information content (AvgIpc) is 2.92. The summed E-state index contributed by atoms with van der Waals surface area (Å²) in [4.78, 5) is 22.9. The van der Waals surface area contributed by atoms with Crippen LogP contribution in [0.15, 0.2) is 30.3 Å². The Hall–Kier alpha value is -2.54. The van der Waals surface area contributed by atoms with E-state index in [0.717, 1.165) is 22.7 Å². The standard InChI is InChI=1S/C17H20N4O2S/c1-11(2)10-16-20-21-17(24-16)19-15(23)9-6-13-4-7-14(8-5-13)18-12(3)22/h4-9,11H,10H2,1-3H3,(H,18,22)(H,19,21,23)/b9-6+. The van der Waals surface area contributed by atoms with Crippen LogP contribution >= 0.6 is 11.3 Å². The van der Waals surface area contributed by atoms with Crippen LogP contribution in [0.1, 0.15) is 31.3 Å². The molecular weight excluding hydrogens is 324 g/mol. The van der Waals surface area contributed by atoms with Gasteiger partial charge in [0.2, 0.25) is 16.9 Å². The fourth-order valence-corrected chi connectivity index (χ4v) is 2.89. The largest absolute Gasteiger partial charge is 0.326 e. The van der Waals surface area contributed by atoms with Crippen LogP contribution in [-0.4, -0.2) is 22.0 Å². The number of nitrogens with one attached hydrogen (secondary N) is 2. The van der Waals surface area contributed by atoms with Crippen molar-refractivity contribution in [3.05, 3.63) is 40.9 Å². The highest BCUT2D eigenvalue weighted by Gasteiger charge is 2.07. The number of carbonyl (C=O) groups is 2. The molecule has 0 fully saturated rings. The topological polar surface area (TPSA) is 84.0 Å². The number of hydrogen-bond donors (Lipinski definition) is 2. The van der Waals surface area contributed by atoms with E-state index >= 15 is 0 Å². The van der Waals surface area contributed by atoms with Gasteiger partial charge in [-0.05, 0) is 29.7 Å². The molecule has 0 radical (unpaired) electrons. The number of aromatic nitrogens is 2. The molecule has 126 valence electrons. The van der Waals surface area contributed by atoms with Crippen molar-refractivity contribution in [3.8, 4) is 0 Å². The van der Waals surface area contributed by atoms with Crippen molar-refractivity contribution in [1.29, 1.82) is 0 Å². The van der Waals surface area contributed by atoms with Crippen LogP contribution in [-0.2, 0) is 16.0 Å². The van der Waals surface area contributed by atoms with Gasteiger partial charge in [0.1, 0.15) is 5.01 Å². The van der Waals surface area contributed by atoms with E-state index in [0.29, 0.717) is 11.0 Å². The minimum absolute atomic E-state index is 0.119. The van der Waals surface area contributed by atoms with Crippen molar-refractivity contribution in [2.45, 2.75) is 27.2 Å². The highest BCUT2D eigenvalue weighted by atomic mass is 32.1. The van der Waals surface area contributed by atoms with Crippen molar-refractivity contribution >= 4 is 40.0 Å². The third-order valence-electron chi connectivity index (χ3n) is 2.94. The lowest BCUT2D eigenvalue weighted by Crippen LogP contribution is -2.07. The zero-order valence-electron chi connectivity index (χ0n) is 13.9. The van der Waals surface area contributed by atoms with Gasteiger partial charge in [-0.25, -0.2) is 0 Å². The zero-order chi connectivity index (χ0) is 17.5. The highest BCUT2D eigenvalue weighted by molar-refractivity contribution is 7.15. The Morgan fingerprint density at radius 1 is 1.17 bits per heavy atom. The molecule has 0 aliphatic rings. The van der Waals surface area contributed by atoms with Crippen LogP contribution in [0.3, 0.4) is 0 Å². The van der Waals surface area contributed by atoms with Gasteiger partial charge in [0.25, 0.3) is 0 Å². The second-order valence-electron chi connectivity index (χ2n) is 5.72. The van der Waals surface area contributed by atoms with Crippen LogP contribution in [0.4, 0.5) is 10.8 Å². The Labute approximate surface area is 145 Å². The summed E-state index contributed by atoms with van der Waals surface area (Å²) in [6.07, 6.45) is 3.99. The maximum atomic E-state index is 11.9. The highest BCUT2D eigenvalue weighted by Crippen LogP contribution is 2.18. The van der Waals surface area contributed by atoms with Gasteiger partial charge in [0.05, 0.1) is 0 Å². The number of benzene rings is 1. The Bertz CT molecular complexity index is 735. The molecule has 0 unspecified atom stereocenters. The third kappa shape index (κ3) is 5.92. The maximum Gasteiger partial charge on any atom is 0.250 e. The maximum absolute atomic E-state index is 11.9. The molecule has 24 heavy (non-hydrogen) atoms. The van der Waals surface area contributed by atoms with Crippen LogP contribution < -0.4 is 10.6 Å². The monoisotopic (exact) mass is 344 g/mol. The third-order valence-corrected chi connectivity index (χ3v) is 3.80. The van der Waals surface area contributed by atoms with Crippen LogP contribution in [0.2, 0.25) is 0 Å². The molecule has 0 aliphatic carbocycles. The first-order valence-electron chi connectivity index (χ1n) is 7.61. The number of anilines is 2. The SMILES string of the molecule is CC(=O)Nc1ccc(/C=C/C(=O)Nc2nnc(CC(C)C)s2)cc1. The van der Waals surface area contributed by atoms with Gasteiger partial charge in [-0.2, -0.15) is 0 Å². The van der Waals surface area contributed by atoms with E-state index in [4.69, 9.17) is 0 Å². The normalized spacial score (nSPS) is 11.0. The van der Waals surface area contributed by atoms with E-state index in [2.05, 4.69) is 34.7 Å². The van der Waals surface area contributed by atoms with Crippen molar-refractivity contribution in [2.24, 2.45) is 5.92 Å². The molecule has 0 spiro atoms. The quantitative estimate of drug-likeness (QED) is 0.787. The van der Waals surface area contributed by atoms with Gasteiger partial charge in [-0.3, -0.25) is 14.9 Å². The van der Waals surface area contributed by atoms with Gasteiger partial charge in [0, 0.05) is 25.1 Å². The summed E-state index contributed by atoms with van der Waals surface area (Å²) in [5.74, 6) is 0.126. The first kappa shape index (κ1) is 17.8. The lowest BCUT2D eigenvalue weighted by atomic mass is 10.1. The predicted molar refractivity (Wildman–Crippen MR) is 96.9 cm³/mol. The Balaban J connectivity index is 1.90. The number of hydrogen-bond acceptors (Lipinski definition) is 5. The average molecular weight is 344 g/mol. The molecule has 0 saturated carbocycles. The first-order valence-corrected chi connectivity index (χ1v) is 8.43. The number of carbonyl (C=O) groups excluding carboxylic acids is 2. The van der Waals surface area contributed by atoms with Crippen LogP contribution in [0.5, 0.6) is 0 Å². The molecule has 1 aromatic carbocycles. The smallest absolute Gasteiger partial charge is 0.250 e. The van der Waals surface area contributed by atoms with Gasteiger partial charge < -0.3 is 5.32 Å². The number of amides is 2. The number of nitrogens with zero attached hydrogens (tertiary/aromatic N) is 2.